The zero-order valence-electron chi connectivity index (χ0n) is 15.5. The minimum atomic E-state index is -0.289. The second kappa shape index (κ2) is 8.77. The van der Waals surface area contributed by atoms with Gasteiger partial charge in [-0.1, -0.05) is 23.9 Å². The Labute approximate surface area is 162 Å². The molecule has 0 bridgehead atoms. The van der Waals surface area contributed by atoms with Crippen LogP contribution in [0.3, 0.4) is 0 Å². The minimum absolute atomic E-state index is 0.0296. The Bertz CT molecular complexity index is 892. The van der Waals surface area contributed by atoms with E-state index in [0.29, 0.717) is 24.1 Å². The van der Waals surface area contributed by atoms with Gasteiger partial charge >= 0.3 is 0 Å². The van der Waals surface area contributed by atoms with E-state index in [9.17, 15) is 4.79 Å². The van der Waals surface area contributed by atoms with Crippen LogP contribution in [-0.2, 0) is 11.3 Å². The van der Waals surface area contributed by atoms with E-state index in [1.807, 2.05) is 54.8 Å². The van der Waals surface area contributed by atoms with Gasteiger partial charge in [0.1, 0.15) is 11.5 Å². The number of carbonyl (C=O) groups is 1. The Morgan fingerprint density at radius 1 is 1.33 bits per heavy atom. The molecule has 0 unspecified atom stereocenters. The first-order chi connectivity index (χ1) is 13.1. The molecule has 0 aliphatic heterocycles. The molecule has 3 aromatic rings. The molecule has 27 heavy (non-hydrogen) atoms. The van der Waals surface area contributed by atoms with Crippen molar-refractivity contribution in [3.05, 3.63) is 48.4 Å². The van der Waals surface area contributed by atoms with Gasteiger partial charge in [0.05, 0.1) is 25.2 Å². The Kier molecular flexibility index (Phi) is 6.18. The quantitative estimate of drug-likeness (QED) is 0.599. The van der Waals surface area contributed by atoms with Gasteiger partial charge in [0.2, 0.25) is 5.91 Å². The maximum absolute atomic E-state index is 12.1. The smallest absolute Gasteiger partial charge is 0.233 e. The summed E-state index contributed by atoms with van der Waals surface area (Å²) in [6, 6.07) is 11.4. The molecule has 1 amide bonds. The van der Waals surface area contributed by atoms with Crippen molar-refractivity contribution in [3.8, 4) is 17.1 Å². The zero-order valence-corrected chi connectivity index (χ0v) is 16.3. The summed E-state index contributed by atoms with van der Waals surface area (Å²) in [6.45, 7) is 4.82. The molecule has 0 aliphatic rings. The van der Waals surface area contributed by atoms with Gasteiger partial charge in [0, 0.05) is 12.1 Å². The van der Waals surface area contributed by atoms with E-state index in [1.165, 1.54) is 11.8 Å². The van der Waals surface area contributed by atoms with Gasteiger partial charge in [-0.3, -0.25) is 9.36 Å². The predicted octanol–water partition coefficient (Wildman–Crippen LogP) is 3.21. The third-order valence-corrected chi connectivity index (χ3v) is 5.02. The van der Waals surface area contributed by atoms with Crippen molar-refractivity contribution in [2.45, 2.75) is 30.8 Å². The van der Waals surface area contributed by atoms with Crippen LogP contribution in [0.2, 0.25) is 0 Å². The largest absolute Gasteiger partial charge is 0.497 e. The lowest BCUT2D eigenvalue weighted by Crippen LogP contribution is -2.30. The van der Waals surface area contributed by atoms with E-state index >= 15 is 0 Å². The maximum atomic E-state index is 12.1. The number of thioether (sulfide) groups is 1. The number of hydrogen-bond donors (Lipinski definition) is 1. The molecule has 7 nitrogen and oxygen atoms in total. The third-order valence-electron chi connectivity index (χ3n) is 3.94. The lowest BCUT2D eigenvalue weighted by Gasteiger charge is -2.13. The average molecular weight is 386 g/mol. The molecule has 3 rings (SSSR count). The summed E-state index contributed by atoms with van der Waals surface area (Å²) in [5.41, 5.74) is 0.880. The standard InChI is InChI=1S/C19H22N4O3S/c1-4-20-18(24)13(2)27-19-22-21-17(14-7-5-8-15(11-14)25-3)23(19)12-16-9-6-10-26-16/h5-11,13H,4,12H2,1-3H3,(H,20,24)/t13-/m0/s1. The van der Waals surface area contributed by atoms with Crippen LogP contribution in [0, 0.1) is 0 Å². The number of aromatic nitrogens is 3. The van der Waals surface area contributed by atoms with Crippen molar-refractivity contribution in [1.82, 2.24) is 20.1 Å². The van der Waals surface area contributed by atoms with Gasteiger partial charge in [-0.25, -0.2) is 0 Å². The van der Waals surface area contributed by atoms with Gasteiger partial charge in [0.15, 0.2) is 11.0 Å². The normalized spacial score (nSPS) is 12.0. The molecule has 0 fully saturated rings. The summed E-state index contributed by atoms with van der Waals surface area (Å²) in [7, 11) is 1.63. The molecular formula is C19H22N4O3S. The SMILES string of the molecule is CCNC(=O)[C@H](C)Sc1nnc(-c2cccc(OC)c2)n1Cc1ccco1. The molecule has 2 aromatic heterocycles. The van der Waals surface area contributed by atoms with Gasteiger partial charge in [-0.15, -0.1) is 10.2 Å². The molecule has 0 radical (unpaired) electrons. The number of furan rings is 1. The lowest BCUT2D eigenvalue weighted by atomic mass is 10.2. The Balaban J connectivity index is 1.95. The Hall–Kier alpha value is -2.74. The fourth-order valence-corrected chi connectivity index (χ4v) is 3.45. The van der Waals surface area contributed by atoms with Crippen molar-refractivity contribution in [3.63, 3.8) is 0 Å². The zero-order chi connectivity index (χ0) is 19.2. The molecule has 1 atom stereocenters. The van der Waals surface area contributed by atoms with Crippen molar-refractivity contribution < 1.29 is 13.9 Å². The lowest BCUT2D eigenvalue weighted by molar-refractivity contribution is -0.120. The monoisotopic (exact) mass is 386 g/mol. The molecular weight excluding hydrogens is 364 g/mol. The fourth-order valence-electron chi connectivity index (χ4n) is 2.58. The van der Waals surface area contributed by atoms with E-state index < -0.39 is 0 Å². The van der Waals surface area contributed by atoms with Crippen molar-refractivity contribution in [2.75, 3.05) is 13.7 Å². The first-order valence-corrected chi connectivity index (χ1v) is 9.54. The number of benzene rings is 1. The molecule has 1 N–H and O–H groups in total. The number of amides is 1. The highest BCUT2D eigenvalue weighted by Crippen LogP contribution is 2.29. The molecule has 0 aliphatic carbocycles. The molecule has 0 saturated carbocycles. The summed E-state index contributed by atoms with van der Waals surface area (Å²) >= 11 is 1.37. The topological polar surface area (TPSA) is 82.2 Å². The van der Waals surface area contributed by atoms with E-state index in [1.54, 1.807) is 13.4 Å². The highest BCUT2D eigenvalue weighted by atomic mass is 32.2. The van der Waals surface area contributed by atoms with Crippen LogP contribution in [0.15, 0.2) is 52.2 Å². The summed E-state index contributed by atoms with van der Waals surface area (Å²) in [6.07, 6.45) is 1.63. The number of ether oxygens (including phenoxy) is 1. The van der Waals surface area contributed by atoms with E-state index in [0.717, 1.165) is 17.1 Å². The van der Waals surface area contributed by atoms with Crippen LogP contribution in [0.4, 0.5) is 0 Å². The Morgan fingerprint density at radius 3 is 2.89 bits per heavy atom. The van der Waals surface area contributed by atoms with Crippen molar-refractivity contribution in [1.29, 1.82) is 0 Å². The van der Waals surface area contributed by atoms with Gasteiger partial charge < -0.3 is 14.5 Å². The number of rotatable bonds is 8. The number of nitrogens with one attached hydrogen (secondary N) is 1. The van der Waals surface area contributed by atoms with E-state index in [4.69, 9.17) is 9.15 Å². The molecule has 8 heteroatoms. The summed E-state index contributed by atoms with van der Waals surface area (Å²) in [5, 5.41) is 11.9. The highest BCUT2D eigenvalue weighted by Gasteiger charge is 2.21. The van der Waals surface area contributed by atoms with Gasteiger partial charge in [0.25, 0.3) is 0 Å². The number of carbonyl (C=O) groups excluding carboxylic acids is 1. The maximum Gasteiger partial charge on any atom is 0.233 e. The highest BCUT2D eigenvalue weighted by molar-refractivity contribution is 8.00. The van der Waals surface area contributed by atoms with Crippen LogP contribution >= 0.6 is 11.8 Å². The van der Waals surface area contributed by atoms with Gasteiger partial charge in [-0.05, 0) is 38.1 Å². The second-order valence-corrected chi connectivity index (χ2v) is 7.17. The molecule has 0 spiro atoms. The van der Waals surface area contributed by atoms with Gasteiger partial charge in [-0.2, -0.15) is 0 Å². The van der Waals surface area contributed by atoms with Crippen LogP contribution < -0.4 is 10.1 Å². The van der Waals surface area contributed by atoms with Crippen LogP contribution in [-0.4, -0.2) is 39.6 Å². The Morgan fingerprint density at radius 2 is 2.19 bits per heavy atom. The summed E-state index contributed by atoms with van der Waals surface area (Å²) in [5.74, 6) is 2.19. The number of hydrogen-bond acceptors (Lipinski definition) is 6. The molecule has 1 aromatic carbocycles. The fraction of sp³-hybridized carbons (Fsp3) is 0.316. The van der Waals surface area contributed by atoms with Crippen LogP contribution in [0.1, 0.15) is 19.6 Å². The van der Waals surface area contributed by atoms with E-state index in [-0.39, 0.29) is 11.2 Å². The first kappa shape index (κ1) is 19.0. The van der Waals surface area contributed by atoms with E-state index in [2.05, 4.69) is 15.5 Å². The van der Waals surface area contributed by atoms with Crippen molar-refractivity contribution in [2.24, 2.45) is 0 Å². The first-order valence-electron chi connectivity index (χ1n) is 8.66. The molecule has 142 valence electrons. The van der Waals surface area contributed by atoms with Crippen LogP contribution in [0.5, 0.6) is 5.75 Å². The summed E-state index contributed by atoms with van der Waals surface area (Å²) in [4.78, 5) is 12.1. The molecule has 0 saturated heterocycles. The summed E-state index contributed by atoms with van der Waals surface area (Å²) < 4.78 is 12.8. The number of methoxy groups -OCH3 is 1. The second-order valence-electron chi connectivity index (χ2n) is 5.86. The van der Waals surface area contributed by atoms with Crippen LogP contribution in [0.25, 0.3) is 11.4 Å². The minimum Gasteiger partial charge on any atom is -0.497 e. The van der Waals surface area contributed by atoms with Crippen molar-refractivity contribution >= 4 is 17.7 Å². The molecule has 2 heterocycles. The number of nitrogens with zero attached hydrogens (tertiary/aromatic N) is 3. The predicted molar refractivity (Wildman–Crippen MR) is 104 cm³/mol. The average Bonchev–Trinajstić information content (AvgIpc) is 3.33. The third kappa shape index (κ3) is 4.51.